The van der Waals surface area contributed by atoms with E-state index in [1.54, 1.807) is 30.3 Å². The zero-order valence-electron chi connectivity index (χ0n) is 21.7. The second kappa shape index (κ2) is 11.3. The molecule has 3 aromatic carbocycles. The number of carboxylic acid groups (broad SMARTS) is 1. The molecule has 1 saturated heterocycles. The van der Waals surface area contributed by atoms with Crippen molar-refractivity contribution in [3.63, 3.8) is 0 Å². The molecule has 222 valence electrons. The van der Waals surface area contributed by atoms with Crippen molar-refractivity contribution in [1.29, 1.82) is 0 Å². The number of esters is 1. The van der Waals surface area contributed by atoms with Crippen molar-refractivity contribution in [3.05, 3.63) is 106 Å². The number of methoxy groups -OCH3 is 1. The normalized spacial score (nSPS) is 20.8. The van der Waals surface area contributed by atoms with Crippen molar-refractivity contribution in [2.24, 2.45) is 5.92 Å². The molecule has 3 unspecified atom stereocenters. The van der Waals surface area contributed by atoms with Crippen LogP contribution in [0.3, 0.4) is 0 Å². The quantitative estimate of drug-likeness (QED) is 0.244. The van der Waals surface area contributed by atoms with E-state index in [1.165, 1.54) is 0 Å². The first-order valence-corrected chi connectivity index (χ1v) is 12.7. The van der Waals surface area contributed by atoms with Crippen LogP contribution in [0.1, 0.15) is 45.1 Å². The van der Waals surface area contributed by atoms with Gasteiger partial charge in [-0.25, -0.2) is 4.79 Å². The largest absolute Gasteiger partial charge is 0.479 e. The molecule has 6 nitrogen and oxygen atoms in total. The summed E-state index contributed by atoms with van der Waals surface area (Å²) in [6.45, 7) is 0. The van der Waals surface area contributed by atoms with Crippen LogP contribution in [-0.2, 0) is 33.1 Å². The van der Waals surface area contributed by atoms with Crippen molar-refractivity contribution < 1.29 is 50.6 Å². The minimum atomic E-state index is -4.87. The Bertz CT molecular complexity index is 1490. The number of hydrogen-bond acceptors (Lipinski definition) is 4. The number of halogens is 7. The second-order valence-electron chi connectivity index (χ2n) is 9.76. The third-order valence-electron chi connectivity index (χ3n) is 7.24. The zero-order valence-corrected chi connectivity index (χ0v) is 22.4. The highest BCUT2D eigenvalue weighted by Gasteiger charge is 2.61. The number of carboxylic acids is 1. The van der Waals surface area contributed by atoms with Crippen LogP contribution in [0.15, 0.2) is 72.8 Å². The number of ether oxygens (including phenoxy) is 1. The minimum Gasteiger partial charge on any atom is -0.479 e. The van der Waals surface area contributed by atoms with Crippen LogP contribution in [0.2, 0.25) is 5.02 Å². The van der Waals surface area contributed by atoms with Gasteiger partial charge >= 0.3 is 24.3 Å². The van der Waals surface area contributed by atoms with Gasteiger partial charge in [-0.15, -0.1) is 0 Å². The molecule has 0 saturated carbocycles. The van der Waals surface area contributed by atoms with Crippen molar-refractivity contribution in [2.75, 3.05) is 7.11 Å². The Morgan fingerprint density at radius 3 is 2.02 bits per heavy atom. The van der Waals surface area contributed by atoms with E-state index >= 15 is 0 Å². The predicted molar refractivity (Wildman–Crippen MR) is 137 cm³/mol. The third-order valence-corrected chi connectivity index (χ3v) is 7.58. The second-order valence-corrected chi connectivity index (χ2v) is 10.2. The maximum Gasteiger partial charge on any atom is 0.416 e. The topological polar surface area (TPSA) is 83.9 Å². The highest BCUT2D eigenvalue weighted by Crippen LogP contribution is 2.52. The van der Waals surface area contributed by atoms with E-state index in [-0.39, 0.29) is 16.1 Å². The number of benzene rings is 3. The van der Waals surface area contributed by atoms with Gasteiger partial charge in [0.2, 0.25) is 0 Å². The Balaban J connectivity index is 2.00. The smallest absolute Gasteiger partial charge is 0.416 e. The lowest BCUT2D eigenvalue weighted by Crippen LogP contribution is -2.55. The number of hydrogen-bond donors (Lipinski definition) is 1. The Labute approximate surface area is 240 Å². The number of carbonyl (C=O) groups is 3. The Kier molecular flexibility index (Phi) is 8.32. The Morgan fingerprint density at radius 2 is 1.50 bits per heavy atom. The van der Waals surface area contributed by atoms with Gasteiger partial charge in [-0.1, -0.05) is 41.9 Å². The van der Waals surface area contributed by atoms with Crippen LogP contribution in [0.4, 0.5) is 26.3 Å². The van der Waals surface area contributed by atoms with E-state index in [1.807, 2.05) is 0 Å². The average Bonchev–Trinajstić information content (AvgIpc) is 3.27. The van der Waals surface area contributed by atoms with Crippen molar-refractivity contribution >= 4 is 29.4 Å². The number of aliphatic carboxylic acids is 1. The van der Waals surface area contributed by atoms with Gasteiger partial charge in [-0.2, -0.15) is 26.3 Å². The standard InChI is InChI=1S/C29H22ClF6NO5/c1-42-25(39)21-15-27(26(40)41,14-16-5-3-2-4-6-16)37(24(38)17-7-9-18(10-8-17)28(31,32)33)23(21)20-13-19(29(34,35)36)11-12-22(20)30/h2-13,21,23H,14-15H2,1H3,(H,40,41). The number of amides is 1. The fourth-order valence-corrected chi connectivity index (χ4v) is 5.53. The number of nitrogens with zero attached hydrogens (tertiary/aromatic N) is 1. The van der Waals surface area contributed by atoms with Crippen molar-refractivity contribution in [2.45, 2.75) is 36.8 Å². The van der Waals surface area contributed by atoms with E-state index in [0.29, 0.717) is 29.8 Å². The van der Waals surface area contributed by atoms with Crippen LogP contribution in [0.5, 0.6) is 0 Å². The number of likely N-dealkylation sites (tertiary alicyclic amines) is 1. The lowest BCUT2D eigenvalue weighted by Gasteiger charge is -2.39. The fraction of sp³-hybridized carbons (Fsp3) is 0.276. The SMILES string of the molecule is COC(=O)C1CC(Cc2ccccc2)(C(=O)O)N(C(=O)c2ccc(C(F)(F)F)cc2)C1c1cc(C(F)(F)F)ccc1Cl. The van der Waals surface area contributed by atoms with Gasteiger partial charge < -0.3 is 14.7 Å². The summed E-state index contributed by atoms with van der Waals surface area (Å²) in [7, 11) is 0.993. The first kappa shape index (κ1) is 30.9. The molecule has 4 rings (SSSR count). The molecule has 3 aromatic rings. The van der Waals surface area contributed by atoms with Crippen LogP contribution in [-0.4, -0.2) is 40.5 Å². The molecule has 0 spiro atoms. The number of rotatable bonds is 6. The molecule has 0 radical (unpaired) electrons. The number of alkyl halides is 6. The van der Waals surface area contributed by atoms with Gasteiger partial charge in [0.1, 0.15) is 5.54 Å². The van der Waals surface area contributed by atoms with Gasteiger partial charge in [-0.3, -0.25) is 9.59 Å². The molecule has 3 atom stereocenters. The predicted octanol–water partition coefficient (Wildman–Crippen LogP) is 6.82. The molecular formula is C29H22ClF6NO5. The Hall–Kier alpha value is -4.06. The Morgan fingerprint density at radius 1 is 0.929 bits per heavy atom. The summed E-state index contributed by atoms with van der Waals surface area (Å²) >= 11 is 6.33. The highest BCUT2D eigenvalue weighted by atomic mass is 35.5. The van der Waals surface area contributed by atoms with E-state index in [0.717, 1.165) is 30.2 Å². The van der Waals surface area contributed by atoms with Crippen molar-refractivity contribution in [1.82, 2.24) is 4.90 Å². The summed E-state index contributed by atoms with van der Waals surface area (Å²) in [5, 5.41) is 10.3. The molecule has 1 aliphatic rings. The van der Waals surface area contributed by atoms with Crippen LogP contribution >= 0.6 is 11.6 Å². The van der Waals surface area contributed by atoms with Gasteiger partial charge in [0.15, 0.2) is 0 Å². The van der Waals surface area contributed by atoms with E-state index in [9.17, 15) is 45.8 Å². The summed E-state index contributed by atoms with van der Waals surface area (Å²) in [6.07, 6.45) is -10.6. The van der Waals surface area contributed by atoms with Gasteiger partial charge in [0.25, 0.3) is 5.91 Å². The molecular weight excluding hydrogens is 592 g/mol. The maximum absolute atomic E-state index is 14.1. The molecule has 42 heavy (non-hydrogen) atoms. The molecule has 0 bridgehead atoms. The van der Waals surface area contributed by atoms with E-state index in [4.69, 9.17) is 16.3 Å². The van der Waals surface area contributed by atoms with Crippen LogP contribution in [0.25, 0.3) is 0 Å². The zero-order chi connectivity index (χ0) is 31.0. The van der Waals surface area contributed by atoms with Crippen LogP contribution in [0, 0.1) is 5.92 Å². The van der Waals surface area contributed by atoms with Crippen LogP contribution < -0.4 is 0 Å². The summed E-state index contributed by atoms with van der Waals surface area (Å²) in [5.74, 6) is -5.25. The number of carbonyl (C=O) groups excluding carboxylic acids is 2. The lowest BCUT2D eigenvalue weighted by atomic mass is 9.84. The lowest BCUT2D eigenvalue weighted by molar-refractivity contribution is -0.149. The van der Waals surface area contributed by atoms with Gasteiger partial charge in [0, 0.05) is 17.0 Å². The molecule has 13 heteroatoms. The monoisotopic (exact) mass is 613 g/mol. The van der Waals surface area contributed by atoms with Gasteiger partial charge in [0.05, 0.1) is 30.2 Å². The molecule has 1 fully saturated rings. The highest BCUT2D eigenvalue weighted by molar-refractivity contribution is 6.31. The summed E-state index contributed by atoms with van der Waals surface area (Å²) < 4.78 is 85.7. The molecule has 0 aromatic heterocycles. The molecule has 1 amide bonds. The van der Waals surface area contributed by atoms with E-state index in [2.05, 4.69) is 0 Å². The average molecular weight is 614 g/mol. The van der Waals surface area contributed by atoms with E-state index < -0.39 is 71.7 Å². The molecule has 1 N–H and O–H groups in total. The summed E-state index contributed by atoms with van der Waals surface area (Å²) in [6, 6.07) is 11.4. The first-order valence-electron chi connectivity index (χ1n) is 12.3. The molecule has 1 heterocycles. The third kappa shape index (κ3) is 5.80. The van der Waals surface area contributed by atoms with Gasteiger partial charge in [-0.05, 0) is 60.0 Å². The van der Waals surface area contributed by atoms with Crippen molar-refractivity contribution in [3.8, 4) is 0 Å². The first-order chi connectivity index (χ1) is 19.6. The maximum atomic E-state index is 14.1. The minimum absolute atomic E-state index is 0.298. The fourth-order valence-electron chi connectivity index (χ4n) is 5.30. The summed E-state index contributed by atoms with van der Waals surface area (Å²) in [4.78, 5) is 41.0. The molecule has 0 aliphatic carbocycles. The summed E-state index contributed by atoms with van der Waals surface area (Å²) in [5.41, 5.74) is -4.87. The molecule has 1 aliphatic heterocycles.